The van der Waals surface area contributed by atoms with E-state index in [0.29, 0.717) is 0 Å². The highest BCUT2D eigenvalue weighted by atomic mass is 28.4. The molecule has 3 aromatic rings. The predicted molar refractivity (Wildman–Crippen MR) is 192 cm³/mol. The Morgan fingerprint density at radius 3 is 2.00 bits per heavy atom. The van der Waals surface area contributed by atoms with E-state index in [1.807, 2.05) is 60.7 Å². The Balaban J connectivity index is 2.04. The molecule has 0 unspecified atom stereocenters. The first kappa shape index (κ1) is 38.1. The van der Waals surface area contributed by atoms with Crippen molar-refractivity contribution in [3.05, 3.63) is 94.0 Å². The van der Waals surface area contributed by atoms with E-state index in [4.69, 9.17) is 23.4 Å². The van der Waals surface area contributed by atoms with Crippen molar-refractivity contribution >= 4 is 36.4 Å². The first-order valence-corrected chi connectivity index (χ1v) is 18.2. The molecule has 0 radical (unpaired) electrons. The average molecular weight is 703 g/mol. The van der Waals surface area contributed by atoms with Crippen molar-refractivity contribution in [1.29, 1.82) is 0 Å². The Kier molecular flexibility index (Phi) is 11.2. The predicted octanol–water partition coefficient (Wildman–Crippen LogP) is 6.06. The number of hydrogen-bond acceptors (Lipinski definition) is 9. The Labute approximate surface area is 295 Å². The summed E-state index contributed by atoms with van der Waals surface area (Å²) in [6.45, 7) is 15.3. The van der Waals surface area contributed by atoms with E-state index in [2.05, 4.69) is 32.6 Å². The monoisotopic (exact) mass is 702 g/mol. The van der Waals surface area contributed by atoms with E-state index in [-0.39, 0.29) is 23.5 Å². The van der Waals surface area contributed by atoms with E-state index in [0.717, 1.165) is 16.4 Å². The second-order valence-electron chi connectivity index (χ2n) is 14.5. The van der Waals surface area contributed by atoms with Crippen molar-refractivity contribution in [3.63, 3.8) is 0 Å². The Morgan fingerprint density at radius 2 is 1.54 bits per heavy atom. The number of rotatable bonds is 8. The van der Waals surface area contributed by atoms with Crippen LogP contribution < -0.4 is 15.1 Å². The molecule has 266 valence electrons. The maximum Gasteiger partial charge on any atom is 0.413 e. The molecule has 4 rings (SSSR count). The lowest BCUT2D eigenvalue weighted by molar-refractivity contribution is -0.385. The third-order valence-corrected chi connectivity index (χ3v) is 13.5. The van der Waals surface area contributed by atoms with Crippen molar-refractivity contribution in [2.75, 3.05) is 20.8 Å². The first-order valence-electron chi connectivity index (χ1n) is 16.3. The lowest BCUT2D eigenvalue weighted by Gasteiger charge is -2.46. The van der Waals surface area contributed by atoms with Gasteiger partial charge in [-0.3, -0.25) is 15.0 Å². The van der Waals surface area contributed by atoms with Gasteiger partial charge in [-0.15, -0.1) is 0 Å². The lowest BCUT2D eigenvalue weighted by atomic mass is 10.1. The van der Waals surface area contributed by atoms with E-state index in [1.165, 1.54) is 25.2 Å². The quantitative estimate of drug-likeness (QED) is 0.0906. The van der Waals surface area contributed by atoms with Crippen molar-refractivity contribution in [2.45, 2.75) is 83.9 Å². The largest absolute Gasteiger partial charge is 0.495 e. The minimum Gasteiger partial charge on any atom is -0.495 e. The second kappa shape index (κ2) is 14.6. The molecular formula is C38H46N2O9Si. The van der Waals surface area contributed by atoms with Gasteiger partial charge in [-0.2, -0.15) is 0 Å². The maximum absolute atomic E-state index is 13.9. The topological polar surface area (TPSA) is 127 Å². The molecule has 50 heavy (non-hydrogen) atoms. The molecule has 2 atom stereocenters. The summed E-state index contributed by atoms with van der Waals surface area (Å²) in [5, 5.41) is 13.8. The van der Waals surface area contributed by atoms with Gasteiger partial charge in [0.15, 0.2) is 0 Å². The number of nitrogens with zero attached hydrogens (tertiary/aromatic N) is 2. The molecule has 0 bridgehead atoms. The summed E-state index contributed by atoms with van der Waals surface area (Å²) in [6, 6.07) is 21.5. The molecule has 11 nitrogen and oxygen atoms in total. The normalized spacial score (nSPS) is 16.5. The summed E-state index contributed by atoms with van der Waals surface area (Å²) in [5.41, 5.74) is -2.50. The highest BCUT2D eigenvalue weighted by Gasteiger charge is 2.55. The van der Waals surface area contributed by atoms with E-state index in [9.17, 15) is 19.7 Å². The summed E-state index contributed by atoms with van der Waals surface area (Å²) in [5.74, 6) is 5.41. The molecule has 0 spiro atoms. The van der Waals surface area contributed by atoms with Gasteiger partial charge in [-0.05, 0) is 56.1 Å². The zero-order chi connectivity index (χ0) is 37.1. The van der Waals surface area contributed by atoms with Crippen molar-refractivity contribution in [1.82, 2.24) is 4.90 Å². The fourth-order valence-electron chi connectivity index (χ4n) is 6.22. The number of nitro groups is 1. The van der Waals surface area contributed by atoms with E-state index < -0.39 is 59.5 Å². The van der Waals surface area contributed by atoms with Crippen LogP contribution in [0.3, 0.4) is 0 Å². The van der Waals surface area contributed by atoms with Crippen molar-refractivity contribution < 1.29 is 37.9 Å². The van der Waals surface area contributed by atoms with Gasteiger partial charge in [0, 0.05) is 6.07 Å². The van der Waals surface area contributed by atoms with Crippen LogP contribution in [0.15, 0.2) is 72.8 Å². The van der Waals surface area contributed by atoms with Crippen molar-refractivity contribution in [3.8, 4) is 17.6 Å². The molecule has 1 aliphatic heterocycles. The Morgan fingerprint density at radius 1 is 0.980 bits per heavy atom. The van der Waals surface area contributed by atoms with Crippen LogP contribution in [0.25, 0.3) is 0 Å². The summed E-state index contributed by atoms with van der Waals surface area (Å²) in [6.07, 6.45) is -1.67. The number of nitro benzene ring substituents is 1. The fraction of sp³-hybridized carbons (Fsp3) is 0.421. The van der Waals surface area contributed by atoms with Gasteiger partial charge >= 0.3 is 12.1 Å². The molecule has 0 saturated carbocycles. The van der Waals surface area contributed by atoms with E-state index >= 15 is 0 Å². The molecule has 0 aliphatic carbocycles. The van der Waals surface area contributed by atoms with Crippen LogP contribution in [0, 0.1) is 22.0 Å². The number of hydrogen-bond donors (Lipinski definition) is 0. The standard InChI is InChI=1S/C38H46N2O9Si/c1-36(2,3)48-35(42)39-31(25-47-38(39,7)8)32(22-21-29-30(40(43)44)23-26(34(41)46-10)24-33(29)45-9)49-50(37(4,5)6,27-17-13-11-14-18-27)28-19-15-12-16-20-28/h11-20,23-24,31-32H,25H2,1-10H3/t31-,32+/m0/s1. The van der Waals surface area contributed by atoms with Crippen LogP contribution in [-0.2, 0) is 18.6 Å². The summed E-state index contributed by atoms with van der Waals surface area (Å²) < 4.78 is 29.9. The van der Waals surface area contributed by atoms with Crippen LogP contribution in [-0.4, -0.2) is 74.5 Å². The smallest absolute Gasteiger partial charge is 0.413 e. The van der Waals surface area contributed by atoms with Gasteiger partial charge in [0.1, 0.15) is 28.7 Å². The molecule has 1 aliphatic rings. The molecule has 1 heterocycles. The molecule has 1 amide bonds. The first-order chi connectivity index (χ1) is 23.4. The number of benzene rings is 3. The van der Waals surface area contributed by atoms with Crippen LogP contribution in [0.1, 0.15) is 71.3 Å². The van der Waals surface area contributed by atoms with Gasteiger partial charge in [-0.1, -0.05) is 93.3 Å². The van der Waals surface area contributed by atoms with Crippen LogP contribution in [0.5, 0.6) is 5.75 Å². The minimum atomic E-state index is -3.32. The highest BCUT2D eigenvalue weighted by Crippen LogP contribution is 2.40. The van der Waals surface area contributed by atoms with Gasteiger partial charge in [-0.25, -0.2) is 9.59 Å². The van der Waals surface area contributed by atoms with Crippen LogP contribution in [0.2, 0.25) is 5.04 Å². The minimum absolute atomic E-state index is 0.00305. The van der Waals surface area contributed by atoms with Gasteiger partial charge in [0.2, 0.25) is 0 Å². The number of esters is 1. The number of methoxy groups -OCH3 is 2. The Bertz CT molecular complexity index is 1730. The molecule has 1 fully saturated rings. The summed E-state index contributed by atoms with van der Waals surface area (Å²) in [7, 11) is -0.809. The lowest BCUT2D eigenvalue weighted by Crippen LogP contribution is -2.69. The number of amides is 1. The van der Waals surface area contributed by atoms with Crippen molar-refractivity contribution in [2.24, 2.45) is 0 Å². The Hall–Kier alpha value is -4.70. The van der Waals surface area contributed by atoms with Crippen LogP contribution in [0.4, 0.5) is 10.5 Å². The maximum atomic E-state index is 13.9. The zero-order valence-corrected chi connectivity index (χ0v) is 31.4. The number of carbonyl (C=O) groups excluding carboxylic acids is 2. The van der Waals surface area contributed by atoms with Crippen LogP contribution >= 0.6 is 0 Å². The summed E-state index contributed by atoms with van der Waals surface area (Å²) >= 11 is 0. The number of carbonyl (C=O) groups is 2. The molecule has 0 aromatic heterocycles. The fourth-order valence-corrected chi connectivity index (χ4v) is 10.8. The van der Waals surface area contributed by atoms with Gasteiger partial charge < -0.3 is 23.4 Å². The molecular weight excluding hydrogens is 657 g/mol. The molecule has 0 N–H and O–H groups in total. The third kappa shape index (κ3) is 7.86. The van der Waals surface area contributed by atoms with E-state index in [1.54, 1.807) is 34.6 Å². The molecule has 1 saturated heterocycles. The summed E-state index contributed by atoms with van der Waals surface area (Å²) in [4.78, 5) is 39.5. The third-order valence-electron chi connectivity index (χ3n) is 8.44. The number of ether oxygens (including phenoxy) is 4. The average Bonchev–Trinajstić information content (AvgIpc) is 3.38. The molecule has 12 heteroatoms. The highest BCUT2D eigenvalue weighted by molar-refractivity contribution is 6.99. The SMILES string of the molecule is COC(=O)c1cc(OC)c(C#C[C@@H](O[Si](c2ccccc2)(c2ccccc2)C(C)(C)C)[C@@H]2COC(C)(C)N2C(=O)OC(C)(C)C)c([N+](=O)[O-])c1. The van der Waals surface area contributed by atoms with Gasteiger partial charge in [0.25, 0.3) is 14.0 Å². The zero-order valence-electron chi connectivity index (χ0n) is 30.4. The van der Waals surface area contributed by atoms with Gasteiger partial charge in [0.05, 0.1) is 37.4 Å². The second-order valence-corrected chi connectivity index (χ2v) is 18.7. The molecule has 3 aromatic carbocycles.